The van der Waals surface area contributed by atoms with Gasteiger partial charge in [-0.05, 0) is 17.7 Å². The lowest BCUT2D eigenvalue weighted by Gasteiger charge is -2.15. The summed E-state index contributed by atoms with van der Waals surface area (Å²) in [5.41, 5.74) is 0.432. The quantitative estimate of drug-likeness (QED) is 0.611. The molecule has 0 aromatic carbocycles. The first kappa shape index (κ1) is 10.4. The Balaban J connectivity index is 2.82. The largest absolute Gasteiger partial charge is 0.394 e. The van der Waals surface area contributed by atoms with Crippen LogP contribution in [-0.2, 0) is 0 Å². The van der Waals surface area contributed by atoms with Crippen LogP contribution in [0.1, 0.15) is 11.7 Å². The van der Waals surface area contributed by atoms with Gasteiger partial charge in [-0.2, -0.15) is 0 Å². The Morgan fingerprint density at radius 1 is 1.46 bits per heavy atom. The van der Waals surface area contributed by atoms with Crippen molar-refractivity contribution in [3.8, 4) is 0 Å². The summed E-state index contributed by atoms with van der Waals surface area (Å²) in [5, 5.41) is 27.3. The molecule has 0 fully saturated rings. The Bertz CT molecular complexity index is 282. The van der Waals surface area contributed by atoms with E-state index < -0.39 is 18.8 Å². The van der Waals surface area contributed by atoms with E-state index in [1.807, 2.05) is 0 Å². The summed E-state index contributed by atoms with van der Waals surface area (Å²) in [6.07, 6.45) is -0.908. The topological polar surface area (TPSA) is 73.6 Å². The smallest absolute Gasteiger partial charge is 0.129 e. The molecule has 2 unspecified atom stereocenters. The van der Waals surface area contributed by atoms with E-state index in [2.05, 4.69) is 4.98 Å². The van der Waals surface area contributed by atoms with Gasteiger partial charge in [0.15, 0.2) is 0 Å². The number of nitrogens with zero attached hydrogens (tertiary/aromatic N) is 1. The molecule has 0 radical (unpaired) electrons. The van der Waals surface area contributed by atoms with Gasteiger partial charge >= 0.3 is 0 Å². The normalized spacial score (nSPS) is 15.4. The van der Waals surface area contributed by atoms with Crippen molar-refractivity contribution in [2.24, 2.45) is 0 Å². The zero-order chi connectivity index (χ0) is 9.84. The Hall–Kier alpha value is -0.680. The lowest BCUT2D eigenvalue weighted by atomic mass is 10.1. The average Bonchev–Trinajstić information content (AvgIpc) is 2.15. The summed E-state index contributed by atoms with van der Waals surface area (Å²) in [6, 6.07) is 2.96. The third-order valence-electron chi connectivity index (χ3n) is 1.64. The fourth-order valence-corrected chi connectivity index (χ4v) is 1.11. The second-order valence-electron chi connectivity index (χ2n) is 2.61. The summed E-state index contributed by atoms with van der Waals surface area (Å²) < 4.78 is 0. The fourth-order valence-electron chi connectivity index (χ4n) is 0.923. The van der Waals surface area contributed by atoms with E-state index in [4.69, 9.17) is 21.8 Å². The Kier molecular flexibility index (Phi) is 3.62. The molecule has 5 heteroatoms. The third kappa shape index (κ3) is 2.63. The van der Waals surface area contributed by atoms with Gasteiger partial charge in [-0.1, -0.05) is 11.6 Å². The summed E-state index contributed by atoms with van der Waals surface area (Å²) in [6.45, 7) is -0.499. The lowest BCUT2D eigenvalue weighted by molar-refractivity contribution is -0.0152. The van der Waals surface area contributed by atoms with Crippen molar-refractivity contribution in [1.29, 1.82) is 0 Å². The van der Waals surface area contributed by atoms with Crippen molar-refractivity contribution in [3.05, 3.63) is 29.0 Å². The van der Waals surface area contributed by atoms with Crippen LogP contribution in [0.3, 0.4) is 0 Å². The molecule has 0 saturated heterocycles. The molecule has 0 aliphatic rings. The highest BCUT2D eigenvalue weighted by Crippen LogP contribution is 2.18. The second kappa shape index (κ2) is 4.53. The molecule has 13 heavy (non-hydrogen) atoms. The van der Waals surface area contributed by atoms with Gasteiger partial charge in [-0.3, -0.25) is 0 Å². The molecule has 1 aromatic heterocycles. The molecule has 1 aromatic rings. The summed E-state index contributed by atoms with van der Waals surface area (Å²) >= 11 is 5.57. The molecule has 0 aliphatic heterocycles. The molecule has 4 nitrogen and oxygen atoms in total. The van der Waals surface area contributed by atoms with Crippen molar-refractivity contribution in [3.63, 3.8) is 0 Å². The monoisotopic (exact) mass is 203 g/mol. The summed E-state index contributed by atoms with van der Waals surface area (Å²) in [7, 11) is 0. The maximum Gasteiger partial charge on any atom is 0.129 e. The Labute approximate surface area is 80.4 Å². The number of hydrogen-bond acceptors (Lipinski definition) is 4. The maximum absolute atomic E-state index is 9.42. The molecule has 72 valence electrons. The van der Waals surface area contributed by atoms with Crippen LogP contribution in [-0.4, -0.2) is 33.0 Å². The molecular weight excluding hydrogens is 194 g/mol. The van der Waals surface area contributed by atoms with Crippen molar-refractivity contribution in [2.45, 2.75) is 12.2 Å². The highest BCUT2D eigenvalue weighted by atomic mass is 35.5. The van der Waals surface area contributed by atoms with E-state index in [-0.39, 0.29) is 5.15 Å². The van der Waals surface area contributed by atoms with Crippen molar-refractivity contribution in [1.82, 2.24) is 4.98 Å². The Morgan fingerprint density at radius 2 is 2.15 bits per heavy atom. The molecule has 0 amide bonds. The molecule has 1 heterocycles. The van der Waals surface area contributed by atoms with E-state index in [9.17, 15) is 5.11 Å². The van der Waals surface area contributed by atoms with E-state index in [0.717, 1.165) is 0 Å². The average molecular weight is 204 g/mol. The number of hydrogen-bond donors (Lipinski definition) is 3. The van der Waals surface area contributed by atoms with Gasteiger partial charge in [0.1, 0.15) is 17.4 Å². The molecule has 0 aliphatic carbocycles. The zero-order valence-corrected chi connectivity index (χ0v) is 7.52. The minimum absolute atomic E-state index is 0.238. The number of aliphatic hydroxyl groups is 3. The number of pyridine rings is 1. The van der Waals surface area contributed by atoms with Crippen LogP contribution in [0.15, 0.2) is 18.3 Å². The van der Waals surface area contributed by atoms with E-state index in [0.29, 0.717) is 5.56 Å². The highest BCUT2D eigenvalue weighted by molar-refractivity contribution is 6.29. The van der Waals surface area contributed by atoms with Gasteiger partial charge in [-0.25, -0.2) is 4.98 Å². The van der Waals surface area contributed by atoms with E-state index in [1.54, 1.807) is 0 Å². The first-order valence-electron chi connectivity index (χ1n) is 3.73. The highest BCUT2D eigenvalue weighted by Gasteiger charge is 2.17. The Morgan fingerprint density at radius 3 is 2.69 bits per heavy atom. The predicted octanol–water partition coefficient (Wildman–Crippen LogP) is 0.122. The molecule has 1 rings (SSSR count). The van der Waals surface area contributed by atoms with Crippen molar-refractivity contribution >= 4 is 11.6 Å². The van der Waals surface area contributed by atoms with Crippen LogP contribution in [0.2, 0.25) is 5.15 Å². The summed E-state index contributed by atoms with van der Waals surface area (Å²) in [4.78, 5) is 3.72. The number of aliphatic hydroxyl groups excluding tert-OH is 3. The minimum atomic E-state index is -1.20. The van der Waals surface area contributed by atoms with Gasteiger partial charge in [0.05, 0.1) is 6.61 Å². The van der Waals surface area contributed by atoms with Crippen LogP contribution >= 0.6 is 11.6 Å². The molecule has 3 N–H and O–H groups in total. The summed E-state index contributed by atoms with van der Waals surface area (Å²) in [5.74, 6) is 0. The van der Waals surface area contributed by atoms with Crippen molar-refractivity contribution < 1.29 is 15.3 Å². The lowest BCUT2D eigenvalue weighted by Crippen LogP contribution is -2.22. The first-order chi connectivity index (χ1) is 6.15. The molecular formula is C8H10ClNO3. The van der Waals surface area contributed by atoms with Crippen LogP contribution in [0.4, 0.5) is 0 Å². The molecule has 2 atom stereocenters. The third-order valence-corrected chi connectivity index (χ3v) is 1.85. The van der Waals surface area contributed by atoms with Crippen LogP contribution in [0.5, 0.6) is 0 Å². The van der Waals surface area contributed by atoms with Gasteiger partial charge in [-0.15, -0.1) is 0 Å². The van der Waals surface area contributed by atoms with Gasteiger partial charge in [0.2, 0.25) is 0 Å². The van der Waals surface area contributed by atoms with E-state index >= 15 is 0 Å². The van der Waals surface area contributed by atoms with E-state index in [1.165, 1.54) is 18.3 Å². The maximum atomic E-state index is 9.42. The van der Waals surface area contributed by atoms with Gasteiger partial charge < -0.3 is 15.3 Å². The van der Waals surface area contributed by atoms with Crippen molar-refractivity contribution in [2.75, 3.05) is 6.61 Å². The number of halogens is 1. The fraction of sp³-hybridized carbons (Fsp3) is 0.375. The zero-order valence-electron chi connectivity index (χ0n) is 6.76. The predicted molar refractivity (Wildman–Crippen MR) is 47.3 cm³/mol. The molecule has 0 bridgehead atoms. The minimum Gasteiger partial charge on any atom is -0.394 e. The molecule has 0 spiro atoms. The van der Waals surface area contributed by atoms with Gasteiger partial charge in [0, 0.05) is 6.20 Å². The molecule has 0 saturated carbocycles. The van der Waals surface area contributed by atoms with Crippen LogP contribution in [0.25, 0.3) is 0 Å². The second-order valence-corrected chi connectivity index (χ2v) is 2.99. The van der Waals surface area contributed by atoms with Crippen LogP contribution in [0, 0.1) is 0 Å². The number of rotatable bonds is 3. The first-order valence-corrected chi connectivity index (χ1v) is 4.11. The SMILES string of the molecule is OCC(O)C(O)c1ccnc(Cl)c1. The number of aromatic nitrogens is 1. The van der Waals surface area contributed by atoms with Gasteiger partial charge in [0.25, 0.3) is 0 Å². The standard InChI is InChI=1S/C8H10ClNO3/c9-7-3-5(1-2-10-7)8(13)6(12)4-11/h1-3,6,8,11-13H,4H2. The van der Waals surface area contributed by atoms with Crippen LogP contribution < -0.4 is 0 Å².